The lowest BCUT2D eigenvalue weighted by atomic mass is 10.2. The summed E-state index contributed by atoms with van der Waals surface area (Å²) in [5.74, 6) is -0.154. The third kappa shape index (κ3) is 2.71. The lowest BCUT2D eigenvalue weighted by Crippen LogP contribution is -2.45. The second kappa shape index (κ2) is 5.54. The topological polar surface area (TPSA) is 57.7 Å². The van der Waals surface area contributed by atoms with E-state index in [4.69, 9.17) is 0 Å². The van der Waals surface area contributed by atoms with Crippen molar-refractivity contribution < 1.29 is 13.2 Å². The van der Waals surface area contributed by atoms with E-state index in [1.807, 2.05) is 6.92 Å². The van der Waals surface area contributed by atoms with Gasteiger partial charge in [0.1, 0.15) is 6.04 Å². The molecular weight excluding hydrogens is 276 g/mol. The number of likely N-dealkylation sites (N-methyl/N-ethyl adjacent to an activating group) is 1. The largest absolute Gasteiger partial charge is 0.347 e. The van der Waals surface area contributed by atoms with Gasteiger partial charge in [0.05, 0.1) is 4.90 Å². The Kier molecular flexibility index (Phi) is 4.15. The highest BCUT2D eigenvalue weighted by Crippen LogP contribution is 2.27. The predicted molar refractivity (Wildman–Crippen MR) is 76.8 cm³/mol. The van der Waals surface area contributed by atoms with Crippen molar-refractivity contribution in [2.24, 2.45) is 0 Å². The van der Waals surface area contributed by atoms with Crippen molar-refractivity contribution in [1.29, 1.82) is 0 Å². The molecule has 0 aromatic heterocycles. The number of amides is 1. The van der Waals surface area contributed by atoms with Crippen LogP contribution >= 0.6 is 0 Å². The van der Waals surface area contributed by atoms with Crippen LogP contribution in [0.15, 0.2) is 29.2 Å². The summed E-state index contributed by atoms with van der Waals surface area (Å²) in [5.41, 5.74) is 1.01. The van der Waals surface area contributed by atoms with E-state index in [9.17, 15) is 13.2 Å². The van der Waals surface area contributed by atoms with Gasteiger partial charge in [-0.15, -0.1) is 0 Å². The first kappa shape index (κ1) is 15.0. The Balaban J connectivity index is 2.33. The van der Waals surface area contributed by atoms with Gasteiger partial charge in [0.15, 0.2) is 0 Å². The van der Waals surface area contributed by atoms with Crippen LogP contribution < -0.4 is 0 Å². The fourth-order valence-corrected chi connectivity index (χ4v) is 4.07. The lowest BCUT2D eigenvalue weighted by Gasteiger charge is -2.25. The van der Waals surface area contributed by atoms with Crippen molar-refractivity contribution >= 4 is 15.9 Å². The molecule has 1 heterocycles. The Labute approximate surface area is 120 Å². The van der Waals surface area contributed by atoms with Crippen LogP contribution in [-0.4, -0.2) is 50.2 Å². The number of hydrogen-bond donors (Lipinski definition) is 0. The molecule has 1 unspecified atom stereocenters. The third-order valence-corrected chi connectivity index (χ3v) is 5.48. The Morgan fingerprint density at radius 2 is 1.85 bits per heavy atom. The van der Waals surface area contributed by atoms with Gasteiger partial charge in [0.2, 0.25) is 15.9 Å². The first-order valence-corrected chi connectivity index (χ1v) is 8.07. The molecule has 0 bridgehead atoms. The van der Waals surface area contributed by atoms with Crippen molar-refractivity contribution in [1.82, 2.24) is 9.21 Å². The van der Waals surface area contributed by atoms with E-state index in [0.29, 0.717) is 13.0 Å². The molecule has 0 radical (unpaired) electrons. The molecule has 1 fully saturated rings. The molecular formula is C14H20N2O3S. The summed E-state index contributed by atoms with van der Waals surface area (Å²) in [7, 11) is -0.297. The molecule has 1 atom stereocenters. The smallest absolute Gasteiger partial charge is 0.243 e. The van der Waals surface area contributed by atoms with E-state index in [0.717, 1.165) is 12.0 Å². The Morgan fingerprint density at radius 3 is 2.40 bits per heavy atom. The number of carbonyl (C=O) groups is 1. The molecule has 0 N–H and O–H groups in total. The average molecular weight is 296 g/mol. The molecule has 20 heavy (non-hydrogen) atoms. The molecule has 1 aliphatic rings. The first-order valence-electron chi connectivity index (χ1n) is 6.63. The van der Waals surface area contributed by atoms with Gasteiger partial charge in [0.25, 0.3) is 0 Å². The van der Waals surface area contributed by atoms with Gasteiger partial charge in [-0.2, -0.15) is 4.31 Å². The monoisotopic (exact) mass is 296 g/mol. The summed E-state index contributed by atoms with van der Waals surface area (Å²) >= 11 is 0. The Morgan fingerprint density at radius 1 is 1.25 bits per heavy atom. The van der Waals surface area contributed by atoms with Gasteiger partial charge in [0, 0.05) is 20.6 Å². The number of benzene rings is 1. The van der Waals surface area contributed by atoms with Crippen LogP contribution in [0.4, 0.5) is 0 Å². The van der Waals surface area contributed by atoms with Crippen LogP contribution in [0, 0.1) is 6.92 Å². The van der Waals surface area contributed by atoms with E-state index in [-0.39, 0.29) is 10.8 Å². The summed E-state index contributed by atoms with van der Waals surface area (Å²) in [5, 5.41) is 0. The van der Waals surface area contributed by atoms with E-state index in [1.165, 1.54) is 9.21 Å². The maximum atomic E-state index is 12.6. The quantitative estimate of drug-likeness (QED) is 0.843. The molecule has 6 heteroatoms. The second-order valence-corrected chi connectivity index (χ2v) is 7.21. The standard InChI is InChI=1S/C14H20N2O3S/c1-11-6-8-12(9-7-11)20(18,19)16-10-4-5-13(16)14(17)15(2)3/h6-9,13H,4-5,10H2,1-3H3. The average Bonchev–Trinajstić information content (AvgIpc) is 2.88. The number of hydrogen-bond acceptors (Lipinski definition) is 3. The Bertz CT molecular complexity index is 593. The molecule has 1 amide bonds. The van der Waals surface area contributed by atoms with Crippen LogP contribution in [0.1, 0.15) is 18.4 Å². The van der Waals surface area contributed by atoms with Crippen molar-refractivity contribution in [3.05, 3.63) is 29.8 Å². The summed E-state index contributed by atoms with van der Waals surface area (Å²) in [6.07, 6.45) is 1.30. The summed E-state index contributed by atoms with van der Waals surface area (Å²) < 4.78 is 26.6. The lowest BCUT2D eigenvalue weighted by molar-refractivity contribution is -0.132. The molecule has 1 saturated heterocycles. The van der Waals surface area contributed by atoms with E-state index >= 15 is 0 Å². The van der Waals surface area contributed by atoms with Crippen LogP contribution in [0.2, 0.25) is 0 Å². The number of carbonyl (C=O) groups excluding carboxylic acids is 1. The second-order valence-electron chi connectivity index (χ2n) is 5.32. The minimum absolute atomic E-state index is 0.154. The fraction of sp³-hybridized carbons (Fsp3) is 0.500. The highest BCUT2D eigenvalue weighted by molar-refractivity contribution is 7.89. The van der Waals surface area contributed by atoms with Crippen LogP contribution in [0.3, 0.4) is 0 Å². The summed E-state index contributed by atoms with van der Waals surface area (Å²) in [6, 6.07) is 6.16. The molecule has 1 aliphatic heterocycles. The fourth-order valence-electron chi connectivity index (χ4n) is 2.42. The van der Waals surface area contributed by atoms with Gasteiger partial charge in [-0.1, -0.05) is 17.7 Å². The zero-order valence-electron chi connectivity index (χ0n) is 12.0. The van der Waals surface area contributed by atoms with Crippen molar-refractivity contribution in [3.8, 4) is 0 Å². The number of nitrogens with zero attached hydrogens (tertiary/aromatic N) is 2. The molecule has 2 rings (SSSR count). The van der Waals surface area contributed by atoms with E-state index in [1.54, 1.807) is 38.4 Å². The van der Waals surface area contributed by atoms with Crippen LogP contribution in [-0.2, 0) is 14.8 Å². The van der Waals surface area contributed by atoms with Gasteiger partial charge < -0.3 is 4.90 Å². The molecule has 0 aliphatic carbocycles. The molecule has 0 spiro atoms. The molecule has 1 aromatic carbocycles. The van der Waals surface area contributed by atoms with E-state index in [2.05, 4.69) is 0 Å². The highest BCUT2D eigenvalue weighted by atomic mass is 32.2. The third-order valence-electron chi connectivity index (χ3n) is 3.56. The van der Waals surface area contributed by atoms with Gasteiger partial charge in [-0.05, 0) is 31.9 Å². The SMILES string of the molecule is Cc1ccc(S(=O)(=O)N2CCCC2C(=O)N(C)C)cc1. The zero-order chi connectivity index (χ0) is 14.9. The highest BCUT2D eigenvalue weighted by Gasteiger charge is 2.39. The Hall–Kier alpha value is -1.40. The van der Waals surface area contributed by atoms with Crippen LogP contribution in [0.25, 0.3) is 0 Å². The van der Waals surface area contributed by atoms with E-state index < -0.39 is 16.1 Å². The van der Waals surface area contributed by atoms with Crippen molar-refractivity contribution in [3.63, 3.8) is 0 Å². The first-order chi connectivity index (χ1) is 9.34. The number of rotatable bonds is 3. The normalized spacial score (nSPS) is 20.1. The van der Waals surface area contributed by atoms with Crippen LogP contribution in [0.5, 0.6) is 0 Å². The molecule has 0 saturated carbocycles. The van der Waals surface area contributed by atoms with Crippen molar-refractivity contribution in [2.45, 2.75) is 30.7 Å². The maximum Gasteiger partial charge on any atom is 0.243 e. The summed E-state index contributed by atoms with van der Waals surface area (Å²) in [4.78, 5) is 13.8. The summed E-state index contributed by atoms with van der Waals surface area (Å²) in [6.45, 7) is 2.31. The van der Waals surface area contributed by atoms with Gasteiger partial charge >= 0.3 is 0 Å². The number of aryl methyl sites for hydroxylation is 1. The maximum absolute atomic E-state index is 12.6. The minimum Gasteiger partial charge on any atom is -0.347 e. The zero-order valence-corrected chi connectivity index (χ0v) is 12.9. The van der Waals surface area contributed by atoms with Crippen molar-refractivity contribution in [2.75, 3.05) is 20.6 Å². The predicted octanol–water partition coefficient (Wildman–Crippen LogP) is 1.24. The number of sulfonamides is 1. The van der Waals surface area contributed by atoms with Gasteiger partial charge in [-0.25, -0.2) is 8.42 Å². The molecule has 1 aromatic rings. The molecule has 5 nitrogen and oxygen atoms in total. The molecule has 110 valence electrons. The van der Waals surface area contributed by atoms with Gasteiger partial charge in [-0.3, -0.25) is 4.79 Å². The minimum atomic E-state index is -3.60.